The lowest BCUT2D eigenvalue weighted by Crippen LogP contribution is -2.37. The van der Waals surface area contributed by atoms with E-state index in [1.54, 1.807) is 14.0 Å². The zero-order valence-electron chi connectivity index (χ0n) is 10.3. The number of carbonyl (C=O) groups excluding carboxylic acids is 1. The number of carbonyl (C=O) groups is 1. The number of phenols is 1. The summed E-state index contributed by atoms with van der Waals surface area (Å²) in [7, 11) is -2.30. The van der Waals surface area contributed by atoms with Gasteiger partial charge in [0.05, 0.1) is 6.54 Å². The van der Waals surface area contributed by atoms with E-state index < -0.39 is 10.0 Å². The number of rotatable bonds is 5. The molecule has 0 radical (unpaired) electrons. The maximum atomic E-state index is 11.8. The average molecular weight is 272 g/mol. The van der Waals surface area contributed by atoms with Crippen molar-refractivity contribution in [1.82, 2.24) is 9.62 Å². The number of likely N-dealkylation sites (N-methyl/N-ethyl adjacent to an activating group) is 1. The Morgan fingerprint density at radius 2 is 2.00 bits per heavy atom. The van der Waals surface area contributed by atoms with Crippen LogP contribution in [0.2, 0.25) is 0 Å². The zero-order valence-corrected chi connectivity index (χ0v) is 11.1. The van der Waals surface area contributed by atoms with Crippen LogP contribution in [0, 0.1) is 0 Å². The van der Waals surface area contributed by atoms with Gasteiger partial charge in [0.15, 0.2) is 0 Å². The van der Waals surface area contributed by atoms with Crippen LogP contribution in [0.25, 0.3) is 0 Å². The van der Waals surface area contributed by atoms with Gasteiger partial charge in [0.1, 0.15) is 10.6 Å². The highest BCUT2D eigenvalue weighted by Crippen LogP contribution is 2.20. The highest BCUT2D eigenvalue weighted by Gasteiger charge is 2.19. The molecular weight excluding hydrogens is 256 g/mol. The largest absolute Gasteiger partial charge is 0.507 e. The molecule has 0 aliphatic carbocycles. The van der Waals surface area contributed by atoms with Crippen molar-refractivity contribution in [3.05, 3.63) is 24.3 Å². The van der Waals surface area contributed by atoms with Crippen molar-refractivity contribution in [2.75, 3.05) is 20.1 Å². The van der Waals surface area contributed by atoms with Crippen molar-refractivity contribution < 1.29 is 18.3 Å². The Balaban J connectivity index is 2.79. The molecule has 0 aromatic heterocycles. The Bertz CT molecular complexity index is 528. The van der Waals surface area contributed by atoms with E-state index in [0.29, 0.717) is 6.54 Å². The van der Waals surface area contributed by atoms with Gasteiger partial charge in [-0.1, -0.05) is 12.1 Å². The van der Waals surface area contributed by atoms with Crippen LogP contribution < -0.4 is 4.72 Å². The van der Waals surface area contributed by atoms with Crippen LogP contribution in [0.5, 0.6) is 5.75 Å². The maximum Gasteiger partial charge on any atom is 0.244 e. The Morgan fingerprint density at radius 1 is 1.39 bits per heavy atom. The predicted molar refractivity (Wildman–Crippen MR) is 66.6 cm³/mol. The topological polar surface area (TPSA) is 86.7 Å². The van der Waals surface area contributed by atoms with Gasteiger partial charge in [0, 0.05) is 13.6 Å². The third kappa shape index (κ3) is 3.44. The Kier molecular flexibility index (Phi) is 4.69. The van der Waals surface area contributed by atoms with Crippen LogP contribution >= 0.6 is 0 Å². The molecule has 1 aromatic rings. The highest BCUT2D eigenvalue weighted by atomic mass is 32.2. The SMILES string of the molecule is CCN(C)C(=O)CNS(=O)(=O)c1ccccc1O. The summed E-state index contributed by atoms with van der Waals surface area (Å²) in [5.74, 6) is -0.683. The van der Waals surface area contributed by atoms with Crippen molar-refractivity contribution in [2.24, 2.45) is 0 Å². The molecule has 18 heavy (non-hydrogen) atoms. The summed E-state index contributed by atoms with van der Waals surface area (Å²) in [6, 6.07) is 5.55. The van der Waals surface area contributed by atoms with Gasteiger partial charge in [-0.15, -0.1) is 0 Å². The monoisotopic (exact) mass is 272 g/mol. The summed E-state index contributed by atoms with van der Waals surface area (Å²) in [6.07, 6.45) is 0. The first kappa shape index (κ1) is 14.5. The van der Waals surface area contributed by atoms with Gasteiger partial charge in [-0.05, 0) is 19.1 Å². The highest BCUT2D eigenvalue weighted by molar-refractivity contribution is 7.89. The molecule has 1 amide bonds. The number of aromatic hydroxyl groups is 1. The van der Waals surface area contributed by atoms with E-state index in [4.69, 9.17) is 0 Å². The molecule has 1 aromatic carbocycles. The molecule has 0 saturated heterocycles. The second-order valence-electron chi connectivity index (χ2n) is 3.70. The molecule has 0 fully saturated rings. The Labute approximate surface area is 106 Å². The van der Waals surface area contributed by atoms with E-state index in [1.165, 1.54) is 29.2 Å². The first-order chi connectivity index (χ1) is 8.38. The quantitative estimate of drug-likeness (QED) is 0.798. The Morgan fingerprint density at radius 3 is 2.56 bits per heavy atom. The first-order valence-corrected chi connectivity index (χ1v) is 6.88. The van der Waals surface area contributed by atoms with E-state index in [0.717, 1.165) is 0 Å². The normalized spacial score (nSPS) is 11.2. The van der Waals surface area contributed by atoms with E-state index in [1.807, 2.05) is 0 Å². The summed E-state index contributed by atoms with van der Waals surface area (Å²) in [5.41, 5.74) is 0. The first-order valence-electron chi connectivity index (χ1n) is 5.40. The van der Waals surface area contributed by atoms with Gasteiger partial charge in [0.2, 0.25) is 15.9 Å². The average Bonchev–Trinajstić information content (AvgIpc) is 2.35. The predicted octanol–water partition coefficient (Wildman–Crippen LogP) is 0.149. The minimum atomic E-state index is -3.88. The molecule has 0 unspecified atom stereocenters. The number of sulfonamides is 1. The third-order valence-corrected chi connectivity index (χ3v) is 3.92. The van der Waals surface area contributed by atoms with Crippen LogP contribution in [0.15, 0.2) is 29.2 Å². The number of para-hydroxylation sites is 1. The number of hydrogen-bond acceptors (Lipinski definition) is 4. The standard InChI is InChI=1S/C11H16N2O4S/c1-3-13(2)11(15)8-12-18(16,17)10-7-5-4-6-9(10)14/h4-7,12,14H,3,8H2,1-2H3. The van der Waals surface area contributed by atoms with Crippen LogP contribution in [-0.4, -0.2) is 44.5 Å². The number of phenolic OH excluding ortho intramolecular Hbond substituents is 1. The van der Waals surface area contributed by atoms with Crippen LogP contribution in [0.3, 0.4) is 0 Å². The van der Waals surface area contributed by atoms with Crippen molar-refractivity contribution in [1.29, 1.82) is 0 Å². The van der Waals surface area contributed by atoms with E-state index in [2.05, 4.69) is 4.72 Å². The minimum absolute atomic E-state index is 0.239. The lowest BCUT2D eigenvalue weighted by molar-refractivity contribution is -0.128. The molecule has 0 aliphatic heterocycles. The molecular formula is C11H16N2O4S. The molecule has 0 heterocycles. The number of nitrogens with zero attached hydrogens (tertiary/aromatic N) is 1. The summed E-state index contributed by atoms with van der Waals surface area (Å²) < 4.78 is 25.8. The van der Waals surface area contributed by atoms with E-state index in [9.17, 15) is 18.3 Å². The van der Waals surface area contributed by atoms with Crippen LogP contribution in [0.1, 0.15) is 6.92 Å². The molecule has 100 valence electrons. The molecule has 0 atom stereocenters. The molecule has 2 N–H and O–H groups in total. The van der Waals surface area contributed by atoms with Crippen molar-refractivity contribution in [3.63, 3.8) is 0 Å². The lowest BCUT2D eigenvalue weighted by Gasteiger charge is -2.15. The maximum absolute atomic E-state index is 11.8. The molecule has 0 bridgehead atoms. The van der Waals surface area contributed by atoms with Crippen molar-refractivity contribution >= 4 is 15.9 Å². The summed E-state index contributed by atoms with van der Waals surface area (Å²) >= 11 is 0. The number of amides is 1. The summed E-state index contributed by atoms with van der Waals surface area (Å²) in [6.45, 7) is 1.95. The minimum Gasteiger partial charge on any atom is -0.507 e. The molecule has 0 spiro atoms. The van der Waals surface area contributed by atoms with Gasteiger partial charge in [-0.2, -0.15) is 0 Å². The third-order valence-electron chi connectivity index (χ3n) is 2.47. The van der Waals surface area contributed by atoms with Gasteiger partial charge in [-0.3, -0.25) is 4.79 Å². The zero-order chi connectivity index (χ0) is 13.8. The van der Waals surface area contributed by atoms with Crippen molar-refractivity contribution in [3.8, 4) is 5.75 Å². The fraction of sp³-hybridized carbons (Fsp3) is 0.364. The molecule has 0 aliphatic rings. The molecule has 6 nitrogen and oxygen atoms in total. The Hall–Kier alpha value is -1.60. The fourth-order valence-corrected chi connectivity index (χ4v) is 2.30. The van der Waals surface area contributed by atoms with Gasteiger partial charge >= 0.3 is 0 Å². The molecule has 7 heteroatoms. The van der Waals surface area contributed by atoms with Gasteiger partial charge in [0.25, 0.3) is 0 Å². The smallest absolute Gasteiger partial charge is 0.244 e. The fourth-order valence-electron chi connectivity index (χ4n) is 1.23. The lowest BCUT2D eigenvalue weighted by atomic mass is 10.3. The van der Waals surface area contributed by atoms with Gasteiger partial charge in [-0.25, -0.2) is 13.1 Å². The summed E-state index contributed by atoms with van der Waals surface area (Å²) in [4.78, 5) is 12.6. The van der Waals surface area contributed by atoms with Gasteiger partial charge < -0.3 is 10.0 Å². The number of hydrogen-bond donors (Lipinski definition) is 2. The molecule has 1 rings (SSSR count). The van der Waals surface area contributed by atoms with E-state index in [-0.39, 0.29) is 23.1 Å². The van der Waals surface area contributed by atoms with Crippen molar-refractivity contribution in [2.45, 2.75) is 11.8 Å². The van der Waals surface area contributed by atoms with E-state index >= 15 is 0 Å². The van der Waals surface area contributed by atoms with Crippen LogP contribution in [-0.2, 0) is 14.8 Å². The molecule has 0 saturated carbocycles. The van der Waals surface area contributed by atoms with Crippen LogP contribution in [0.4, 0.5) is 0 Å². The summed E-state index contributed by atoms with van der Waals surface area (Å²) in [5, 5.41) is 9.45. The number of nitrogens with one attached hydrogen (secondary N) is 1. The second kappa shape index (κ2) is 5.83. The number of benzene rings is 1. The second-order valence-corrected chi connectivity index (χ2v) is 5.44.